The van der Waals surface area contributed by atoms with Gasteiger partial charge < -0.3 is 19.9 Å². The number of aromatic nitrogens is 1. The number of rotatable bonds is 3. The van der Waals surface area contributed by atoms with E-state index < -0.39 is 0 Å². The van der Waals surface area contributed by atoms with Crippen LogP contribution in [0.3, 0.4) is 0 Å². The number of aromatic amines is 1. The standard InChI is InChI=1S/C19H27N3O4/c1-13-11-15(24)20-14(2)17(13)18(26)21-7-5-19(6-8-21)4-3-16(25)22(12-19)9-10-23/h11,23H,3-10,12H2,1-2H3,(H,20,24). The quantitative estimate of drug-likeness (QED) is 0.834. The minimum atomic E-state index is -0.190. The Morgan fingerprint density at radius 1 is 1.23 bits per heavy atom. The monoisotopic (exact) mass is 361 g/mol. The molecule has 2 fully saturated rings. The van der Waals surface area contributed by atoms with E-state index in [1.807, 2.05) is 4.90 Å². The van der Waals surface area contributed by atoms with Gasteiger partial charge in [0.05, 0.1) is 12.2 Å². The molecule has 0 bridgehead atoms. The number of carbonyl (C=O) groups excluding carboxylic acids is 2. The molecular weight excluding hydrogens is 334 g/mol. The summed E-state index contributed by atoms with van der Waals surface area (Å²) >= 11 is 0. The number of hydrogen-bond acceptors (Lipinski definition) is 4. The van der Waals surface area contributed by atoms with Crippen molar-refractivity contribution in [1.82, 2.24) is 14.8 Å². The second-order valence-electron chi connectivity index (χ2n) is 7.65. The normalized spacial score (nSPS) is 19.9. The average molecular weight is 361 g/mol. The Morgan fingerprint density at radius 3 is 2.54 bits per heavy atom. The molecular formula is C19H27N3O4. The number of aliphatic hydroxyl groups is 1. The molecule has 0 aromatic carbocycles. The lowest BCUT2D eigenvalue weighted by Crippen LogP contribution is -2.53. The predicted octanol–water partition coefficient (Wildman–Crippen LogP) is 0.829. The van der Waals surface area contributed by atoms with Crippen LogP contribution in [0.15, 0.2) is 10.9 Å². The Kier molecular flexibility index (Phi) is 5.18. The van der Waals surface area contributed by atoms with Crippen LogP contribution in [-0.2, 0) is 4.79 Å². The van der Waals surface area contributed by atoms with E-state index in [1.54, 1.807) is 18.7 Å². The average Bonchev–Trinajstić information content (AvgIpc) is 2.58. The number of carbonyl (C=O) groups is 2. The Bertz CT molecular complexity index is 736. The molecule has 2 amide bonds. The van der Waals surface area contributed by atoms with Crippen molar-refractivity contribution in [3.63, 3.8) is 0 Å². The van der Waals surface area contributed by atoms with E-state index in [9.17, 15) is 14.4 Å². The molecule has 1 aromatic heterocycles. The van der Waals surface area contributed by atoms with Crippen LogP contribution in [0.2, 0.25) is 0 Å². The molecule has 0 atom stereocenters. The van der Waals surface area contributed by atoms with Crippen molar-refractivity contribution in [2.45, 2.75) is 39.5 Å². The number of H-pyrrole nitrogens is 1. The van der Waals surface area contributed by atoms with E-state index in [1.165, 1.54) is 6.07 Å². The number of amides is 2. The van der Waals surface area contributed by atoms with Crippen molar-refractivity contribution < 1.29 is 14.7 Å². The van der Waals surface area contributed by atoms with Gasteiger partial charge in [0.25, 0.3) is 5.91 Å². The van der Waals surface area contributed by atoms with Gasteiger partial charge >= 0.3 is 0 Å². The number of aliphatic hydroxyl groups excluding tert-OH is 1. The third kappa shape index (κ3) is 3.53. The fraction of sp³-hybridized carbons (Fsp3) is 0.632. The number of hydrogen-bond donors (Lipinski definition) is 2. The highest BCUT2D eigenvalue weighted by Crippen LogP contribution is 2.40. The smallest absolute Gasteiger partial charge is 0.255 e. The SMILES string of the molecule is Cc1cc(=O)[nH]c(C)c1C(=O)N1CCC2(CCC(=O)N(CCO)C2)CC1. The molecule has 26 heavy (non-hydrogen) atoms. The third-order valence-corrected chi connectivity index (χ3v) is 5.87. The van der Waals surface area contributed by atoms with Crippen molar-refractivity contribution in [1.29, 1.82) is 0 Å². The van der Waals surface area contributed by atoms with Crippen LogP contribution in [0, 0.1) is 19.3 Å². The van der Waals surface area contributed by atoms with Crippen molar-refractivity contribution in [3.8, 4) is 0 Å². The fourth-order valence-electron chi connectivity index (χ4n) is 4.35. The number of pyridine rings is 1. The molecule has 7 nitrogen and oxygen atoms in total. The summed E-state index contributed by atoms with van der Waals surface area (Å²) in [5, 5.41) is 9.16. The van der Waals surface area contributed by atoms with Gasteiger partial charge in [-0.05, 0) is 44.1 Å². The summed E-state index contributed by atoms with van der Waals surface area (Å²) in [6.07, 6.45) is 3.09. The van der Waals surface area contributed by atoms with Gasteiger partial charge in [-0.1, -0.05) is 0 Å². The molecule has 2 aliphatic heterocycles. The first-order valence-corrected chi connectivity index (χ1v) is 9.24. The topological polar surface area (TPSA) is 93.7 Å². The van der Waals surface area contributed by atoms with Crippen molar-refractivity contribution in [2.24, 2.45) is 5.41 Å². The summed E-state index contributed by atoms with van der Waals surface area (Å²) in [4.78, 5) is 42.8. The van der Waals surface area contributed by atoms with Crippen molar-refractivity contribution in [3.05, 3.63) is 33.2 Å². The van der Waals surface area contributed by atoms with Crippen molar-refractivity contribution >= 4 is 11.8 Å². The van der Waals surface area contributed by atoms with E-state index >= 15 is 0 Å². The van der Waals surface area contributed by atoms with Gasteiger partial charge in [0, 0.05) is 44.4 Å². The van der Waals surface area contributed by atoms with Gasteiger partial charge in [0.1, 0.15) is 0 Å². The molecule has 3 heterocycles. The number of aryl methyl sites for hydroxylation is 2. The molecule has 0 saturated carbocycles. The highest BCUT2D eigenvalue weighted by Gasteiger charge is 2.41. The Labute approximate surface area is 153 Å². The van der Waals surface area contributed by atoms with E-state index in [4.69, 9.17) is 5.11 Å². The number of nitrogens with one attached hydrogen (secondary N) is 1. The maximum Gasteiger partial charge on any atom is 0.255 e. The molecule has 1 spiro atoms. The summed E-state index contributed by atoms with van der Waals surface area (Å²) < 4.78 is 0. The Balaban J connectivity index is 1.70. The molecule has 2 aliphatic rings. The molecule has 142 valence electrons. The molecule has 0 radical (unpaired) electrons. The van der Waals surface area contributed by atoms with Crippen LogP contribution in [-0.4, -0.2) is 64.5 Å². The predicted molar refractivity (Wildman–Crippen MR) is 97.0 cm³/mol. The minimum absolute atomic E-state index is 0.0167. The lowest BCUT2D eigenvalue weighted by atomic mass is 9.72. The molecule has 1 aromatic rings. The fourth-order valence-corrected chi connectivity index (χ4v) is 4.35. The van der Waals surface area contributed by atoms with Gasteiger partial charge in [-0.15, -0.1) is 0 Å². The largest absolute Gasteiger partial charge is 0.395 e. The summed E-state index contributed by atoms with van der Waals surface area (Å²) in [5.74, 6) is 0.0767. The first kappa shape index (κ1) is 18.6. The highest BCUT2D eigenvalue weighted by atomic mass is 16.3. The van der Waals surface area contributed by atoms with Gasteiger partial charge in [-0.25, -0.2) is 0 Å². The zero-order valence-corrected chi connectivity index (χ0v) is 15.5. The maximum atomic E-state index is 12.9. The first-order chi connectivity index (χ1) is 12.3. The minimum Gasteiger partial charge on any atom is -0.395 e. The number of piperidine rings is 2. The van der Waals surface area contributed by atoms with Crippen LogP contribution >= 0.6 is 0 Å². The van der Waals surface area contributed by atoms with E-state index in [0.29, 0.717) is 49.4 Å². The van der Waals surface area contributed by atoms with Gasteiger partial charge in [-0.3, -0.25) is 14.4 Å². The summed E-state index contributed by atoms with van der Waals surface area (Å²) in [7, 11) is 0. The second kappa shape index (κ2) is 7.23. The zero-order valence-electron chi connectivity index (χ0n) is 15.5. The summed E-state index contributed by atoms with van der Waals surface area (Å²) in [6, 6.07) is 1.46. The summed E-state index contributed by atoms with van der Waals surface area (Å²) in [5.41, 5.74) is 1.76. The molecule has 0 aliphatic carbocycles. The third-order valence-electron chi connectivity index (χ3n) is 5.87. The molecule has 7 heteroatoms. The van der Waals surface area contributed by atoms with E-state index in [2.05, 4.69) is 4.98 Å². The highest BCUT2D eigenvalue weighted by molar-refractivity contribution is 5.96. The van der Waals surface area contributed by atoms with Gasteiger partial charge in [0.2, 0.25) is 11.5 Å². The molecule has 0 unspecified atom stereocenters. The molecule has 3 rings (SSSR count). The van der Waals surface area contributed by atoms with Crippen LogP contribution < -0.4 is 5.56 Å². The van der Waals surface area contributed by atoms with Crippen LogP contribution in [0.25, 0.3) is 0 Å². The van der Waals surface area contributed by atoms with E-state index in [-0.39, 0.29) is 29.4 Å². The number of β-amino-alcohol motifs (C(OH)–C–C–N with tert-alkyl or cyclic N) is 1. The van der Waals surface area contributed by atoms with Crippen LogP contribution in [0.1, 0.15) is 47.3 Å². The Hall–Kier alpha value is -2.15. The number of likely N-dealkylation sites (tertiary alicyclic amines) is 2. The van der Waals surface area contributed by atoms with Crippen molar-refractivity contribution in [2.75, 3.05) is 32.8 Å². The van der Waals surface area contributed by atoms with Gasteiger partial charge in [-0.2, -0.15) is 0 Å². The lowest BCUT2D eigenvalue weighted by molar-refractivity contribution is -0.139. The lowest BCUT2D eigenvalue weighted by Gasteiger charge is -2.47. The second-order valence-corrected chi connectivity index (χ2v) is 7.65. The first-order valence-electron chi connectivity index (χ1n) is 9.24. The molecule has 2 saturated heterocycles. The maximum absolute atomic E-state index is 12.9. The Morgan fingerprint density at radius 2 is 1.92 bits per heavy atom. The zero-order chi connectivity index (χ0) is 18.9. The van der Waals surface area contributed by atoms with E-state index in [0.717, 1.165) is 19.3 Å². The van der Waals surface area contributed by atoms with Gasteiger partial charge in [0.15, 0.2) is 0 Å². The summed E-state index contributed by atoms with van der Waals surface area (Å²) in [6.45, 7) is 5.89. The van der Waals surface area contributed by atoms with Crippen LogP contribution in [0.4, 0.5) is 0 Å². The molecule has 2 N–H and O–H groups in total. The van der Waals surface area contributed by atoms with Crippen LogP contribution in [0.5, 0.6) is 0 Å². The number of nitrogens with zero attached hydrogens (tertiary/aromatic N) is 2.